The summed E-state index contributed by atoms with van der Waals surface area (Å²) in [5.41, 5.74) is 0.688. The van der Waals surface area contributed by atoms with Crippen molar-refractivity contribution in [2.45, 2.75) is 37.5 Å². The van der Waals surface area contributed by atoms with Gasteiger partial charge >= 0.3 is 0 Å². The molecule has 1 aliphatic heterocycles. The normalized spacial score (nSPS) is 26.9. The number of nitrogens with zero attached hydrogens (tertiary/aromatic N) is 1. The molecular weight excluding hydrogens is 301 g/mol. The van der Waals surface area contributed by atoms with E-state index in [1.807, 2.05) is 4.90 Å². The molecule has 23 heavy (non-hydrogen) atoms. The minimum Gasteiger partial charge on any atom is -0.496 e. The molecule has 126 valence electrons. The summed E-state index contributed by atoms with van der Waals surface area (Å²) in [6, 6.07) is 4.30. The number of rotatable bonds is 4. The van der Waals surface area contributed by atoms with Crippen LogP contribution in [0.25, 0.3) is 0 Å². The van der Waals surface area contributed by atoms with Gasteiger partial charge in [-0.3, -0.25) is 4.79 Å². The first-order valence-electron chi connectivity index (χ1n) is 7.90. The predicted octanol–water partition coefficient (Wildman–Crippen LogP) is 1.78. The summed E-state index contributed by atoms with van der Waals surface area (Å²) in [6.07, 6.45) is 1.98. The average molecular weight is 323 g/mol. The second-order valence-electron chi connectivity index (χ2n) is 5.97. The number of carbonyl (C=O) groups excluding carboxylic acids is 1. The van der Waals surface area contributed by atoms with E-state index in [4.69, 9.17) is 14.2 Å². The van der Waals surface area contributed by atoms with Gasteiger partial charge in [0.2, 0.25) is 5.91 Å². The Morgan fingerprint density at radius 2 is 2.22 bits per heavy atom. The van der Waals surface area contributed by atoms with Crippen LogP contribution in [0.5, 0.6) is 5.75 Å². The molecule has 1 aromatic carbocycles. The third-order valence-electron chi connectivity index (χ3n) is 4.74. The molecule has 0 aromatic heterocycles. The summed E-state index contributed by atoms with van der Waals surface area (Å²) >= 11 is 0. The number of ether oxygens (including phenoxy) is 3. The quantitative estimate of drug-likeness (QED) is 0.847. The Bertz CT molecular complexity index is 580. The predicted molar refractivity (Wildman–Crippen MR) is 81.9 cm³/mol. The Labute approximate surface area is 135 Å². The molecule has 3 atom stereocenters. The molecule has 2 bridgehead atoms. The lowest BCUT2D eigenvalue weighted by Gasteiger charge is -2.30. The van der Waals surface area contributed by atoms with Crippen molar-refractivity contribution >= 4 is 5.91 Å². The first-order chi connectivity index (χ1) is 11.1. The molecule has 0 radical (unpaired) electrons. The van der Waals surface area contributed by atoms with Gasteiger partial charge < -0.3 is 19.1 Å². The van der Waals surface area contributed by atoms with Crippen molar-refractivity contribution in [3.8, 4) is 5.75 Å². The Morgan fingerprint density at radius 1 is 1.39 bits per heavy atom. The maximum absolute atomic E-state index is 13.3. The lowest BCUT2D eigenvalue weighted by molar-refractivity contribution is -0.134. The van der Waals surface area contributed by atoms with Crippen molar-refractivity contribution in [3.63, 3.8) is 0 Å². The summed E-state index contributed by atoms with van der Waals surface area (Å²) in [4.78, 5) is 14.6. The van der Waals surface area contributed by atoms with Crippen molar-refractivity contribution in [2.24, 2.45) is 0 Å². The Balaban J connectivity index is 1.77. The van der Waals surface area contributed by atoms with Crippen LogP contribution in [0.15, 0.2) is 18.2 Å². The van der Waals surface area contributed by atoms with Gasteiger partial charge in [-0.1, -0.05) is 6.07 Å². The van der Waals surface area contributed by atoms with E-state index >= 15 is 0 Å². The molecule has 6 heteroatoms. The van der Waals surface area contributed by atoms with Crippen molar-refractivity contribution in [1.29, 1.82) is 0 Å². The molecule has 0 spiro atoms. The van der Waals surface area contributed by atoms with Crippen LogP contribution >= 0.6 is 0 Å². The van der Waals surface area contributed by atoms with E-state index < -0.39 is 0 Å². The van der Waals surface area contributed by atoms with Crippen molar-refractivity contribution in [3.05, 3.63) is 29.6 Å². The van der Waals surface area contributed by atoms with Crippen molar-refractivity contribution in [1.82, 2.24) is 4.90 Å². The highest BCUT2D eigenvalue weighted by molar-refractivity contribution is 5.80. The number of amides is 1. The zero-order chi connectivity index (χ0) is 16.4. The maximum atomic E-state index is 13.3. The van der Waals surface area contributed by atoms with Crippen molar-refractivity contribution in [2.75, 3.05) is 27.4 Å². The van der Waals surface area contributed by atoms with Gasteiger partial charge in [0.1, 0.15) is 17.7 Å². The molecule has 3 rings (SSSR count). The second-order valence-corrected chi connectivity index (χ2v) is 5.97. The zero-order valence-electron chi connectivity index (χ0n) is 13.5. The fraction of sp³-hybridized carbons (Fsp3) is 0.588. The van der Waals surface area contributed by atoms with E-state index in [0.29, 0.717) is 24.5 Å². The van der Waals surface area contributed by atoms with Gasteiger partial charge in [-0.05, 0) is 18.9 Å². The molecule has 1 saturated heterocycles. The van der Waals surface area contributed by atoms with Gasteiger partial charge in [0.25, 0.3) is 0 Å². The van der Waals surface area contributed by atoms with Crippen LogP contribution in [0.3, 0.4) is 0 Å². The molecule has 1 saturated carbocycles. The van der Waals surface area contributed by atoms with Crippen LogP contribution in [0.1, 0.15) is 18.4 Å². The minimum absolute atomic E-state index is 0.00638. The number of halogens is 1. The topological polar surface area (TPSA) is 48.0 Å². The highest BCUT2D eigenvalue weighted by Crippen LogP contribution is 2.32. The van der Waals surface area contributed by atoms with Gasteiger partial charge in [0, 0.05) is 25.3 Å². The Kier molecular flexibility index (Phi) is 4.82. The van der Waals surface area contributed by atoms with E-state index in [0.717, 1.165) is 12.8 Å². The molecular formula is C17H22FNO4. The van der Waals surface area contributed by atoms with E-state index in [1.54, 1.807) is 13.2 Å². The number of hydrogen-bond acceptors (Lipinski definition) is 4. The molecule has 2 fully saturated rings. The summed E-state index contributed by atoms with van der Waals surface area (Å²) < 4.78 is 29.8. The molecule has 0 N–H and O–H groups in total. The summed E-state index contributed by atoms with van der Waals surface area (Å²) in [7, 11) is 3.14. The number of carbonyl (C=O) groups is 1. The van der Waals surface area contributed by atoms with E-state index in [1.165, 1.54) is 19.2 Å². The Hall–Kier alpha value is -1.66. The first kappa shape index (κ1) is 16.2. The second kappa shape index (κ2) is 6.84. The molecule has 2 aliphatic rings. The molecule has 1 aliphatic carbocycles. The Morgan fingerprint density at radius 3 is 2.96 bits per heavy atom. The number of benzene rings is 1. The molecule has 5 nitrogen and oxygen atoms in total. The minimum atomic E-state index is -0.376. The van der Waals surface area contributed by atoms with Crippen LogP contribution in [0.2, 0.25) is 0 Å². The van der Waals surface area contributed by atoms with Gasteiger partial charge in [-0.15, -0.1) is 0 Å². The van der Waals surface area contributed by atoms with E-state index in [-0.39, 0.29) is 36.4 Å². The highest BCUT2D eigenvalue weighted by atomic mass is 19.1. The first-order valence-corrected chi connectivity index (χ1v) is 7.90. The van der Waals surface area contributed by atoms with Crippen LogP contribution < -0.4 is 4.74 Å². The molecule has 3 unspecified atom stereocenters. The molecule has 1 amide bonds. The summed E-state index contributed by atoms with van der Waals surface area (Å²) in [5, 5.41) is 0. The van der Waals surface area contributed by atoms with Gasteiger partial charge in [0.15, 0.2) is 0 Å². The fourth-order valence-corrected chi connectivity index (χ4v) is 3.64. The van der Waals surface area contributed by atoms with Crippen LogP contribution in [0, 0.1) is 5.82 Å². The van der Waals surface area contributed by atoms with Crippen LogP contribution in [0.4, 0.5) is 4.39 Å². The number of hydrogen-bond donors (Lipinski definition) is 0. The van der Waals surface area contributed by atoms with E-state index in [9.17, 15) is 9.18 Å². The largest absolute Gasteiger partial charge is 0.496 e. The van der Waals surface area contributed by atoms with Gasteiger partial charge in [-0.25, -0.2) is 4.39 Å². The third-order valence-corrected chi connectivity index (χ3v) is 4.74. The third kappa shape index (κ3) is 3.19. The van der Waals surface area contributed by atoms with Crippen LogP contribution in [-0.2, 0) is 20.7 Å². The molecule has 1 aromatic rings. The van der Waals surface area contributed by atoms with Crippen LogP contribution in [-0.4, -0.2) is 56.4 Å². The molecule has 1 heterocycles. The highest BCUT2D eigenvalue weighted by Gasteiger charge is 2.44. The average Bonchev–Trinajstić information content (AvgIpc) is 2.84. The lowest BCUT2D eigenvalue weighted by Crippen LogP contribution is -2.46. The lowest BCUT2D eigenvalue weighted by atomic mass is 10.1. The van der Waals surface area contributed by atoms with Crippen molar-refractivity contribution < 1.29 is 23.4 Å². The fourth-order valence-electron chi connectivity index (χ4n) is 3.64. The van der Waals surface area contributed by atoms with Gasteiger partial charge in [0.05, 0.1) is 32.3 Å². The maximum Gasteiger partial charge on any atom is 0.227 e. The smallest absolute Gasteiger partial charge is 0.227 e. The standard InChI is InChI=1S/C17H22FNO4/c1-21-15-10-12(18)4-3-11(15)9-16(20)19-7-8-23-14-6-5-13(19)17(14)22-2/h3-4,10,13-14,17H,5-9H2,1-2H3. The van der Waals surface area contributed by atoms with E-state index in [2.05, 4.69) is 0 Å². The monoisotopic (exact) mass is 323 g/mol. The number of fused-ring (bicyclic) bond motifs is 2. The van der Waals surface area contributed by atoms with Gasteiger partial charge in [-0.2, -0.15) is 0 Å². The zero-order valence-corrected chi connectivity index (χ0v) is 13.5. The summed E-state index contributed by atoms with van der Waals surface area (Å²) in [5.74, 6) is 0.0180. The summed E-state index contributed by atoms with van der Waals surface area (Å²) in [6.45, 7) is 1.08. The SMILES string of the molecule is COc1cc(F)ccc1CC(=O)N1CCOC2CCC1C2OC. The number of methoxy groups -OCH3 is 2.